The van der Waals surface area contributed by atoms with Crippen molar-refractivity contribution in [3.05, 3.63) is 28.6 Å². The number of aromatic nitrogens is 3. The van der Waals surface area contributed by atoms with Crippen LogP contribution >= 0.6 is 15.9 Å². The number of hydrogen-bond acceptors (Lipinski definition) is 3. The van der Waals surface area contributed by atoms with Gasteiger partial charge in [-0.2, -0.15) is 0 Å². The van der Waals surface area contributed by atoms with Gasteiger partial charge in [0, 0.05) is 6.20 Å². The molecule has 2 aromatic heterocycles. The van der Waals surface area contributed by atoms with Crippen molar-refractivity contribution in [2.24, 2.45) is 0 Å². The molecule has 4 nitrogen and oxygen atoms in total. The Bertz CT molecular complexity index is 412. The van der Waals surface area contributed by atoms with Gasteiger partial charge in [0.1, 0.15) is 6.61 Å². The molecule has 0 amide bonds. The smallest absolute Gasteiger partial charge is 0.177 e. The molecule has 0 saturated heterocycles. The topological polar surface area (TPSA) is 50.4 Å². The first kappa shape index (κ1) is 7.70. The van der Waals surface area contributed by atoms with Crippen LogP contribution in [0.5, 0.6) is 0 Å². The van der Waals surface area contributed by atoms with Crippen molar-refractivity contribution >= 4 is 21.6 Å². The van der Waals surface area contributed by atoms with Crippen molar-refractivity contribution in [3.63, 3.8) is 0 Å². The number of aliphatic hydroxyl groups excluding tert-OH is 1. The third kappa shape index (κ3) is 1.11. The normalized spacial score (nSPS) is 10.8. The molecule has 0 aliphatic carbocycles. The Labute approximate surface area is 77.0 Å². The molecule has 2 aromatic rings. The maximum absolute atomic E-state index is 8.78. The van der Waals surface area contributed by atoms with Gasteiger partial charge in [0.2, 0.25) is 0 Å². The van der Waals surface area contributed by atoms with E-state index in [2.05, 4.69) is 26.0 Å². The molecule has 2 heterocycles. The number of fused-ring (bicyclic) bond motifs is 1. The summed E-state index contributed by atoms with van der Waals surface area (Å²) < 4.78 is 2.49. The fourth-order valence-electron chi connectivity index (χ4n) is 0.985. The average molecular weight is 228 g/mol. The average Bonchev–Trinajstić information content (AvgIpc) is 2.49. The lowest BCUT2D eigenvalue weighted by atomic mass is 10.5. The third-order valence-corrected chi connectivity index (χ3v) is 2.12. The monoisotopic (exact) mass is 227 g/mol. The van der Waals surface area contributed by atoms with Crippen LogP contribution in [0.3, 0.4) is 0 Å². The molecule has 2 rings (SSSR count). The van der Waals surface area contributed by atoms with Crippen LogP contribution in [-0.2, 0) is 6.61 Å². The predicted octanol–water partition coefficient (Wildman–Crippen LogP) is 0.984. The van der Waals surface area contributed by atoms with Gasteiger partial charge < -0.3 is 5.11 Å². The summed E-state index contributed by atoms with van der Waals surface area (Å²) in [6.07, 6.45) is 1.78. The van der Waals surface area contributed by atoms with Crippen molar-refractivity contribution in [3.8, 4) is 0 Å². The molecule has 0 saturated carbocycles. The van der Waals surface area contributed by atoms with Crippen LogP contribution in [0.15, 0.2) is 22.8 Å². The molecule has 0 aromatic carbocycles. The molecule has 0 radical (unpaired) electrons. The van der Waals surface area contributed by atoms with Crippen LogP contribution < -0.4 is 0 Å². The molecular formula is C7H6BrN3O. The molecule has 62 valence electrons. The van der Waals surface area contributed by atoms with E-state index in [9.17, 15) is 0 Å². The standard InChI is InChI=1S/C7H6BrN3O/c8-5-2-1-3-11-7(5)9-6(4-12)10-11/h1-3,12H,4H2. The van der Waals surface area contributed by atoms with Crippen molar-refractivity contribution < 1.29 is 5.11 Å². The van der Waals surface area contributed by atoms with Crippen molar-refractivity contribution in [1.82, 2.24) is 14.6 Å². The largest absolute Gasteiger partial charge is 0.388 e. The van der Waals surface area contributed by atoms with Crippen molar-refractivity contribution in [2.45, 2.75) is 6.61 Å². The van der Waals surface area contributed by atoms with Gasteiger partial charge in [0.05, 0.1) is 4.47 Å². The molecule has 1 N–H and O–H groups in total. The Morgan fingerprint density at radius 3 is 3.08 bits per heavy atom. The fraction of sp³-hybridized carbons (Fsp3) is 0.143. The summed E-state index contributed by atoms with van der Waals surface area (Å²) in [7, 11) is 0. The number of halogens is 1. The Morgan fingerprint density at radius 2 is 2.42 bits per heavy atom. The molecule has 0 aliphatic heterocycles. The number of nitrogens with zero attached hydrogens (tertiary/aromatic N) is 3. The number of rotatable bonds is 1. The molecule has 0 spiro atoms. The van der Waals surface area contributed by atoms with E-state index in [0.717, 1.165) is 10.1 Å². The van der Waals surface area contributed by atoms with Gasteiger partial charge in [-0.1, -0.05) is 0 Å². The minimum Gasteiger partial charge on any atom is -0.388 e. The molecular weight excluding hydrogens is 222 g/mol. The predicted molar refractivity (Wildman–Crippen MR) is 46.6 cm³/mol. The van der Waals surface area contributed by atoms with Gasteiger partial charge in [-0.05, 0) is 28.1 Å². The van der Waals surface area contributed by atoms with Gasteiger partial charge in [-0.15, -0.1) is 5.10 Å². The van der Waals surface area contributed by atoms with E-state index in [0.29, 0.717) is 5.82 Å². The fourth-order valence-corrected chi connectivity index (χ4v) is 1.41. The molecule has 0 atom stereocenters. The Hall–Kier alpha value is -0.940. The highest BCUT2D eigenvalue weighted by Gasteiger charge is 2.03. The van der Waals surface area contributed by atoms with E-state index in [1.54, 1.807) is 10.7 Å². The Balaban J connectivity index is 2.74. The highest BCUT2D eigenvalue weighted by atomic mass is 79.9. The number of hydrogen-bond donors (Lipinski definition) is 1. The molecule has 12 heavy (non-hydrogen) atoms. The van der Waals surface area contributed by atoms with E-state index in [1.165, 1.54) is 0 Å². The van der Waals surface area contributed by atoms with Crippen molar-refractivity contribution in [1.29, 1.82) is 0 Å². The SMILES string of the molecule is OCc1nc2c(Br)cccn2n1. The summed E-state index contributed by atoms with van der Waals surface area (Å²) in [6.45, 7) is -0.131. The first-order valence-corrected chi connectivity index (χ1v) is 4.21. The van der Waals surface area contributed by atoms with Crippen LogP contribution in [0.1, 0.15) is 5.82 Å². The highest BCUT2D eigenvalue weighted by Crippen LogP contribution is 2.14. The van der Waals surface area contributed by atoms with Crippen molar-refractivity contribution in [2.75, 3.05) is 0 Å². The maximum Gasteiger partial charge on any atom is 0.177 e. The zero-order valence-corrected chi connectivity index (χ0v) is 7.69. The quantitative estimate of drug-likeness (QED) is 0.791. The number of aliphatic hydroxyl groups is 1. The second kappa shape index (κ2) is 2.84. The van der Waals surface area contributed by atoms with Gasteiger partial charge in [0.15, 0.2) is 11.5 Å². The third-order valence-electron chi connectivity index (χ3n) is 1.50. The summed E-state index contributed by atoms with van der Waals surface area (Å²) in [5, 5.41) is 12.8. The lowest BCUT2D eigenvalue weighted by Gasteiger charge is -1.90. The lowest BCUT2D eigenvalue weighted by molar-refractivity contribution is 0.271. The first-order chi connectivity index (χ1) is 5.81. The van der Waals surface area contributed by atoms with E-state index in [1.807, 2.05) is 12.1 Å². The molecule has 0 unspecified atom stereocenters. The molecule has 0 aliphatic rings. The molecule has 0 fully saturated rings. The summed E-state index contributed by atoms with van der Waals surface area (Å²) in [6, 6.07) is 3.73. The van der Waals surface area contributed by atoms with E-state index in [4.69, 9.17) is 5.11 Å². The number of pyridine rings is 1. The summed E-state index contributed by atoms with van der Waals surface area (Å²) >= 11 is 3.33. The van der Waals surface area contributed by atoms with Crippen LogP contribution in [-0.4, -0.2) is 19.7 Å². The van der Waals surface area contributed by atoms with Gasteiger partial charge in [-0.25, -0.2) is 9.50 Å². The Morgan fingerprint density at radius 1 is 1.58 bits per heavy atom. The highest BCUT2D eigenvalue weighted by molar-refractivity contribution is 9.10. The first-order valence-electron chi connectivity index (χ1n) is 3.42. The van der Waals surface area contributed by atoms with Crippen LogP contribution in [0.4, 0.5) is 0 Å². The zero-order chi connectivity index (χ0) is 8.55. The zero-order valence-electron chi connectivity index (χ0n) is 6.11. The minimum absolute atomic E-state index is 0.131. The molecule has 0 bridgehead atoms. The van der Waals surface area contributed by atoms with E-state index >= 15 is 0 Å². The molecule has 5 heteroatoms. The van der Waals surface area contributed by atoms with Crippen LogP contribution in [0, 0.1) is 0 Å². The second-order valence-corrected chi connectivity index (χ2v) is 3.16. The van der Waals surface area contributed by atoms with Gasteiger partial charge in [-0.3, -0.25) is 0 Å². The van der Waals surface area contributed by atoms with E-state index < -0.39 is 0 Å². The minimum atomic E-state index is -0.131. The lowest BCUT2D eigenvalue weighted by Crippen LogP contribution is -1.87. The van der Waals surface area contributed by atoms with Gasteiger partial charge >= 0.3 is 0 Å². The Kier molecular flexibility index (Phi) is 1.82. The second-order valence-electron chi connectivity index (χ2n) is 2.31. The van der Waals surface area contributed by atoms with Gasteiger partial charge in [0.25, 0.3) is 0 Å². The van der Waals surface area contributed by atoms with E-state index in [-0.39, 0.29) is 6.61 Å². The maximum atomic E-state index is 8.78. The summed E-state index contributed by atoms with van der Waals surface area (Å²) in [5.74, 6) is 0.432. The van der Waals surface area contributed by atoms with Crippen LogP contribution in [0.25, 0.3) is 5.65 Å². The summed E-state index contributed by atoms with van der Waals surface area (Å²) in [5.41, 5.74) is 0.724. The summed E-state index contributed by atoms with van der Waals surface area (Å²) in [4.78, 5) is 4.09. The van der Waals surface area contributed by atoms with Crippen LogP contribution in [0.2, 0.25) is 0 Å².